The minimum Gasteiger partial charge on any atom is -0.482 e. The van der Waals surface area contributed by atoms with Gasteiger partial charge in [0.1, 0.15) is 11.8 Å². The van der Waals surface area contributed by atoms with Crippen LogP contribution in [0, 0.1) is 0 Å². The summed E-state index contributed by atoms with van der Waals surface area (Å²) in [5.74, 6) is -0.130. The van der Waals surface area contributed by atoms with E-state index in [1.807, 2.05) is 68.4 Å². The lowest BCUT2D eigenvalue weighted by Crippen LogP contribution is -2.52. The van der Waals surface area contributed by atoms with Gasteiger partial charge in [0, 0.05) is 28.0 Å². The van der Waals surface area contributed by atoms with Crippen molar-refractivity contribution in [1.29, 1.82) is 0 Å². The molecule has 0 aromatic heterocycles. The first-order chi connectivity index (χ1) is 16.7. The Labute approximate surface area is 228 Å². The summed E-state index contributed by atoms with van der Waals surface area (Å²) in [6, 6.07) is 21.8. The van der Waals surface area contributed by atoms with Crippen LogP contribution in [-0.2, 0) is 22.6 Å². The van der Waals surface area contributed by atoms with Gasteiger partial charge in [-0.2, -0.15) is 0 Å². The van der Waals surface area contributed by atoms with E-state index in [0.717, 1.165) is 20.1 Å². The molecule has 0 unspecified atom stereocenters. The van der Waals surface area contributed by atoms with E-state index in [1.165, 1.54) is 0 Å². The first-order valence-electron chi connectivity index (χ1n) is 11.2. The lowest BCUT2D eigenvalue weighted by Gasteiger charge is -2.32. The Morgan fingerprint density at radius 3 is 2.29 bits per heavy atom. The van der Waals surface area contributed by atoms with Gasteiger partial charge >= 0.3 is 0 Å². The van der Waals surface area contributed by atoms with Gasteiger partial charge in [0.15, 0.2) is 6.61 Å². The summed E-state index contributed by atoms with van der Waals surface area (Å²) in [6.45, 7) is 3.79. The SMILES string of the molecule is CC(C)NC(=O)[C@@H](Cc1ccccc1)N(Cc1cccc(Br)c1)C(=O)COc1ccc(Br)cc1Cl. The molecule has 0 fully saturated rings. The fraction of sp³-hybridized carbons (Fsp3) is 0.259. The smallest absolute Gasteiger partial charge is 0.261 e. The van der Waals surface area contributed by atoms with Crippen LogP contribution in [0.5, 0.6) is 5.75 Å². The van der Waals surface area contributed by atoms with Crippen LogP contribution >= 0.6 is 43.5 Å². The second-order valence-corrected chi connectivity index (χ2v) is 10.6. The topological polar surface area (TPSA) is 58.6 Å². The molecule has 2 amide bonds. The van der Waals surface area contributed by atoms with E-state index in [9.17, 15) is 9.59 Å². The largest absolute Gasteiger partial charge is 0.482 e. The van der Waals surface area contributed by atoms with E-state index in [2.05, 4.69) is 37.2 Å². The molecular weight excluding hydrogens is 596 g/mol. The molecule has 3 aromatic carbocycles. The standard InChI is InChI=1S/C27H27Br2ClN2O3/c1-18(2)31-27(34)24(14-19-7-4-3-5-8-19)32(16-20-9-6-10-21(28)13-20)26(33)17-35-25-12-11-22(29)15-23(25)30/h3-13,15,18,24H,14,16-17H2,1-2H3,(H,31,34)/t24-/m1/s1. The van der Waals surface area contributed by atoms with E-state index >= 15 is 0 Å². The zero-order valence-electron chi connectivity index (χ0n) is 19.5. The fourth-order valence-electron chi connectivity index (χ4n) is 3.58. The van der Waals surface area contributed by atoms with E-state index < -0.39 is 6.04 Å². The van der Waals surface area contributed by atoms with Crippen LogP contribution in [0.15, 0.2) is 81.7 Å². The van der Waals surface area contributed by atoms with Crippen molar-refractivity contribution in [3.63, 3.8) is 0 Å². The van der Waals surface area contributed by atoms with Gasteiger partial charge in [-0.25, -0.2) is 0 Å². The van der Waals surface area contributed by atoms with Gasteiger partial charge in [-0.1, -0.05) is 85.9 Å². The van der Waals surface area contributed by atoms with Gasteiger partial charge in [-0.15, -0.1) is 0 Å². The van der Waals surface area contributed by atoms with Crippen LogP contribution in [0.4, 0.5) is 0 Å². The monoisotopic (exact) mass is 620 g/mol. The Balaban J connectivity index is 1.92. The molecule has 0 aliphatic rings. The molecule has 0 aliphatic carbocycles. The van der Waals surface area contributed by atoms with Gasteiger partial charge in [0.25, 0.3) is 5.91 Å². The molecule has 1 atom stereocenters. The maximum absolute atomic E-state index is 13.6. The van der Waals surface area contributed by atoms with Crippen molar-refractivity contribution < 1.29 is 14.3 Å². The number of ether oxygens (including phenoxy) is 1. The highest BCUT2D eigenvalue weighted by Gasteiger charge is 2.31. The Kier molecular flexibility index (Phi) is 10.2. The van der Waals surface area contributed by atoms with Crippen LogP contribution in [0.1, 0.15) is 25.0 Å². The summed E-state index contributed by atoms with van der Waals surface area (Å²) < 4.78 is 7.48. The van der Waals surface area contributed by atoms with Crippen LogP contribution in [0.25, 0.3) is 0 Å². The first kappa shape index (κ1) is 27.2. The van der Waals surface area contributed by atoms with E-state index in [4.69, 9.17) is 16.3 Å². The van der Waals surface area contributed by atoms with Crippen molar-refractivity contribution in [2.24, 2.45) is 0 Å². The summed E-state index contributed by atoms with van der Waals surface area (Å²) >= 11 is 13.1. The van der Waals surface area contributed by atoms with Crippen molar-refractivity contribution in [3.05, 3.63) is 97.9 Å². The second kappa shape index (κ2) is 13.1. The van der Waals surface area contributed by atoms with Crippen molar-refractivity contribution in [2.75, 3.05) is 6.61 Å². The molecule has 0 heterocycles. The van der Waals surface area contributed by atoms with Crippen LogP contribution in [0.3, 0.4) is 0 Å². The molecule has 0 radical (unpaired) electrons. The molecule has 0 bridgehead atoms. The molecule has 1 N–H and O–H groups in total. The lowest BCUT2D eigenvalue weighted by molar-refractivity contribution is -0.143. The Hall–Kier alpha value is -2.35. The number of benzene rings is 3. The maximum Gasteiger partial charge on any atom is 0.261 e. The van der Waals surface area contributed by atoms with Crippen molar-refractivity contribution in [2.45, 2.75) is 38.9 Å². The van der Waals surface area contributed by atoms with Crippen molar-refractivity contribution >= 4 is 55.3 Å². The number of halogens is 3. The molecule has 3 rings (SSSR count). The van der Waals surface area contributed by atoms with Crippen molar-refractivity contribution in [1.82, 2.24) is 10.2 Å². The van der Waals surface area contributed by atoms with Gasteiger partial charge in [0.2, 0.25) is 5.91 Å². The number of carbonyl (C=O) groups excluding carboxylic acids is 2. The Morgan fingerprint density at radius 2 is 1.63 bits per heavy atom. The molecule has 8 heteroatoms. The number of hydrogen-bond acceptors (Lipinski definition) is 3. The third kappa shape index (κ3) is 8.37. The highest BCUT2D eigenvalue weighted by molar-refractivity contribution is 9.10. The molecule has 5 nitrogen and oxygen atoms in total. The molecule has 184 valence electrons. The minimum atomic E-state index is -0.727. The molecule has 35 heavy (non-hydrogen) atoms. The number of hydrogen-bond donors (Lipinski definition) is 1. The van der Waals surface area contributed by atoms with E-state index in [-0.39, 0.29) is 31.0 Å². The van der Waals surface area contributed by atoms with Gasteiger partial charge in [-0.3, -0.25) is 9.59 Å². The average Bonchev–Trinajstić information content (AvgIpc) is 2.81. The van der Waals surface area contributed by atoms with Crippen LogP contribution in [0.2, 0.25) is 5.02 Å². The lowest BCUT2D eigenvalue weighted by atomic mass is 10.0. The zero-order valence-corrected chi connectivity index (χ0v) is 23.4. The second-order valence-electron chi connectivity index (χ2n) is 8.38. The third-order valence-corrected chi connectivity index (χ3v) is 6.47. The first-order valence-corrected chi connectivity index (χ1v) is 13.2. The number of carbonyl (C=O) groups is 2. The van der Waals surface area contributed by atoms with E-state index in [1.54, 1.807) is 23.1 Å². The third-order valence-electron chi connectivity index (χ3n) is 5.19. The predicted molar refractivity (Wildman–Crippen MR) is 147 cm³/mol. The molecule has 3 aromatic rings. The van der Waals surface area contributed by atoms with Gasteiger partial charge in [-0.05, 0) is 55.3 Å². The predicted octanol–water partition coefficient (Wildman–Crippen LogP) is 6.41. The highest BCUT2D eigenvalue weighted by atomic mass is 79.9. The Morgan fingerprint density at radius 1 is 0.943 bits per heavy atom. The Bertz CT molecular complexity index is 1160. The summed E-state index contributed by atoms with van der Waals surface area (Å²) in [4.78, 5) is 28.5. The van der Waals surface area contributed by atoms with Gasteiger partial charge in [0.05, 0.1) is 5.02 Å². The molecule has 0 saturated heterocycles. The molecule has 0 saturated carbocycles. The highest BCUT2D eigenvalue weighted by Crippen LogP contribution is 2.28. The summed E-state index contributed by atoms with van der Waals surface area (Å²) in [5.41, 5.74) is 1.85. The number of nitrogens with one attached hydrogen (secondary N) is 1. The van der Waals surface area contributed by atoms with Crippen molar-refractivity contribution in [3.8, 4) is 5.75 Å². The van der Waals surface area contributed by atoms with Gasteiger partial charge < -0.3 is 15.0 Å². The minimum absolute atomic E-state index is 0.0681. The van der Waals surface area contributed by atoms with E-state index in [0.29, 0.717) is 17.2 Å². The number of rotatable bonds is 10. The molecule has 0 spiro atoms. The summed E-state index contributed by atoms with van der Waals surface area (Å²) in [6.07, 6.45) is 0.373. The van der Waals surface area contributed by atoms with Crippen LogP contribution < -0.4 is 10.1 Å². The quantitative estimate of drug-likeness (QED) is 0.285. The van der Waals surface area contributed by atoms with Crippen LogP contribution in [-0.4, -0.2) is 35.4 Å². The zero-order chi connectivity index (χ0) is 25.4. The number of amides is 2. The summed E-state index contributed by atoms with van der Waals surface area (Å²) in [5, 5.41) is 3.37. The average molecular weight is 623 g/mol. The molecular formula is C27H27Br2ClN2O3. The fourth-order valence-corrected chi connectivity index (χ4v) is 4.76. The normalized spacial score (nSPS) is 11.7. The molecule has 0 aliphatic heterocycles. The summed E-state index contributed by atoms with van der Waals surface area (Å²) in [7, 11) is 0. The maximum atomic E-state index is 13.6. The number of nitrogens with zero attached hydrogens (tertiary/aromatic N) is 1.